The van der Waals surface area contributed by atoms with Crippen LogP contribution in [-0.4, -0.2) is 12.2 Å². The van der Waals surface area contributed by atoms with Gasteiger partial charge in [-0.25, -0.2) is 0 Å². The average molecular weight is 170 g/mol. The van der Waals surface area contributed by atoms with Crippen LogP contribution in [0.2, 0.25) is 0 Å². The van der Waals surface area contributed by atoms with Crippen LogP contribution in [0.5, 0.6) is 5.75 Å². The van der Waals surface area contributed by atoms with Crippen molar-refractivity contribution in [3.05, 3.63) is 27.8 Å². The van der Waals surface area contributed by atoms with Crippen molar-refractivity contribution in [3.8, 4) is 5.75 Å². The van der Waals surface area contributed by atoms with Gasteiger partial charge in [0, 0.05) is 6.07 Å². The van der Waals surface area contributed by atoms with Crippen LogP contribution in [0.15, 0.2) is 15.3 Å². The van der Waals surface area contributed by atoms with Gasteiger partial charge in [0.2, 0.25) is 11.2 Å². The smallest absolute Gasteiger partial charge is 0.227 e. The van der Waals surface area contributed by atoms with Gasteiger partial charge in [0.05, 0.1) is 7.11 Å². The highest BCUT2D eigenvalue weighted by atomic mass is 16.5. The van der Waals surface area contributed by atoms with Crippen LogP contribution in [0.25, 0.3) is 0 Å². The lowest BCUT2D eigenvalue weighted by Crippen LogP contribution is -2.07. The SMILES string of the molecule is COc1c(C)oc(CO)cc1=O. The second kappa shape index (κ2) is 3.40. The molecule has 12 heavy (non-hydrogen) atoms. The Labute approximate surface area is 69.4 Å². The van der Waals surface area contributed by atoms with Crippen molar-refractivity contribution in [2.75, 3.05) is 7.11 Å². The summed E-state index contributed by atoms with van der Waals surface area (Å²) in [5, 5.41) is 8.68. The van der Waals surface area contributed by atoms with Crippen LogP contribution in [0.3, 0.4) is 0 Å². The molecule has 0 spiro atoms. The summed E-state index contributed by atoms with van der Waals surface area (Å²) in [6.07, 6.45) is 0. The molecule has 1 aromatic heterocycles. The summed E-state index contributed by atoms with van der Waals surface area (Å²) in [4.78, 5) is 11.2. The highest BCUT2D eigenvalue weighted by Gasteiger charge is 2.07. The van der Waals surface area contributed by atoms with Crippen LogP contribution in [0.4, 0.5) is 0 Å². The lowest BCUT2D eigenvalue weighted by atomic mass is 10.3. The summed E-state index contributed by atoms with van der Waals surface area (Å²) in [6, 6.07) is 1.21. The molecule has 0 aliphatic carbocycles. The molecule has 0 radical (unpaired) electrons. The minimum atomic E-state index is -0.278. The number of hydrogen-bond donors (Lipinski definition) is 1. The van der Waals surface area contributed by atoms with E-state index in [1.807, 2.05) is 0 Å². The second-order valence-electron chi connectivity index (χ2n) is 2.32. The molecule has 1 aromatic rings. The highest BCUT2D eigenvalue weighted by molar-refractivity contribution is 5.25. The molecule has 0 saturated carbocycles. The van der Waals surface area contributed by atoms with E-state index in [1.165, 1.54) is 13.2 Å². The lowest BCUT2D eigenvalue weighted by molar-refractivity contribution is 0.237. The first-order valence-electron chi connectivity index (χ1n) is 3.47. The largest absolute Gasteiger partial charge is 0.490 e. The van der Waals surface area contributed by atoms with E-state index in [4.69, 9.17) is 14.3 Å². The van der Waals surface area contributed by atoms with Gasteiger partial charge in [0.25, 0.3) is 0 Å². The Hall–Kier alpha value is -1.29. The number of aliphatic hydroxyl groups is 1. The molecular formula is C8H10O4. The summed E-state index contributed by atoms with van der Waals surface area (Å²) in [6.45, 7) is 1.33. The van der Waals surface area contributed by atoms with Gasteiger partial charge in [-0.1, -0.05) is 0 Å². The molecule has 0 bridgehead atoms. The molecule has 0 fully saturated rings. The predicted molar refractivity (Wildman–Crippen MR) is 42.2 cm³/mol. The van der Waals surface area contributed by atoms with Gasteiger partial charge in [0.15, 0.2) is 0 Å². The van der Waals surface area contributed by atoms with Crippen LogP contribution in [0.1, 0.15) is 11.5 Å². The molecule has 0 aromatic carbocycles. The molecule has 66 valence electrons. The average Bonchev–Trinajstić information content (AvgIpc) is 2.03. The van der Waals surface area contributed by atoms with Gasteiger partial charge in [-0.3, -0.25) is 4.79 Å². The maximum atomic E-state index is 11.2. The third-order valence-electron chi connectivity index (χ3n) is 1.48. The Morgan fingerprint density at radius 1 is 1.67 bits per heavy atom. The molecule has 4 heteroatoms. The first-order valence-corrected chi connectivity index (χ1v) is 3.47. The van der Waals surface area contributed by atoms with Gasteiger partial charge in [-0.15, -0.1) is 0 Å². The van der Waals surface area contributed by atoms with Crippen molar-refractivity contribution >= 4 is 0 Å². The van der Waals surface area contributed by atoms with Crippen molar-refractivity contribution in [2.45, 2.75) is 13.5 Å². The van der Waals surface area contributed by atoms with Crippen LogP contribution in [-0.2, 0) is 6.61 Å². The van der Waals surface area contributed by atoms with Crippen molar-refractivity contribution in [2.24, 2.45) is 0 Å². The van der Waals surface area contributed by atoms with Gasteiger partial charge < -0.3 is 14.3 Å². The van der Waals surface area contributed by atoms with Gasteiger partial charge in [-0.05, 0) is 6.92 Å². The number of aliphatic hydroxyl groups excluding tert-OH is 1. The Kier molecular flexibility index (Phi) is 2.50. The number of aryl methyl sites for hydroxylation is 1. The summed E-state index contributed by atoms with van der Waals surface area (Å²) >= 11 is 0. The number of ether oxygens (including phenoxy) is 1. The van der Waals surface area contributed by atoms with Gasteiger partial charge in [0.1, 0.15) is 18.1 Å². The molecule has 1 rings (SSSR count). The molecule has 0 saturated heterocycles. The van der Waals surface area contributed by atoms with E-state index in [0.29, 0.717) is 5.76 Å². The van der Waals surface area contributed by atoms with Crippen molar-refractivity contribution < 1.29 is 14.3 Å². The number of hydrogen-bond acceptors (Lipinski definition) is 4. The standard InChI is InChI=1S/C8H10O4/c1-5-8(11-2)7(10)3-6(4-9)12-5/h3,9H,4H2,1-2H3. The Morgan fingerprint density at radius 3 is 2.75 bits per heavy atom. The summed E-state index contributed by atoms with van der Waals surface area (Å²) in [7, 11) is 1.40. The quantitative estimate of drug-likeness (QED) is 0.700. The van der Waals surface area contributed by atoms with Gasteiger partial charge in [-0.2, -0.15) is 0 Å². The molecule has 0 unspecified atom stereocenters. The van der Waals surface area contributed by atoms with E-state index in [-0.39, 0.29) is 23.5 Å². The van der Waals surface area contributed by atoms with E-state index in [1.54, 1.807) is 6.92 Å². The zero-order valence-corrected chi connectivity index (χ0v) is 6.96. The Morgan fingerprint density at radius 2 is 2.33 bits per heavy atom. The molecule has 1 N–H and O–H groups in total. The van der Waals surface area contributed by atoms with Crippen molar-refractivity contribution in [3.63, 3.8) is 0 Å². The minimum absolute atomic E-state index is 0.187. The van der Waals surface area contributed by atoms with Crippen LogP contribution in [0, 0.1) is 6.92 Å². The molecule has 0 atom stereocenters. The fraction of sp³-hybridized carbons (Fsp3) is 0.375. The van der Waals surface area contributed by atoms with E-state index in [2.05, 4.69) is 0 Å². The third kappa shape index (κ3) is 1.48. The van der Waals surface area contributed by atoms with E-state index >= 15 is 0 Å². The van der Waals surface area contributed by atoms with Gasteiger partial charge >= 0.3 is 0 Å². The van der Waals surface area contributed by atoms with Crippen LogP contribution >= 0.6 is 0 Å². The molecule has 0 aliphatic heterocycles. The van der Waals surface area contributed by atoms with E-state index < -0.39 is 0 Å². The zero-order valence-electron chi connectivity index (χ0n) is 6.96. The first-order chi connectivity index (χ1) is 5.69. The molecule has 0 amide bonds. The first kappa shape index (κ1) is 8.80. The van der Waals surface area contributed by atoms with E-state index in [0.717, 1.165) is 0 Å². The summed E-state index contributed by atoms with van der Waals surface area (Å²) in [5.74, 6) is 0.819. The second-order valence-corrected chi connectivity index (χ2v) is 2.32. The molecule has 4 nitrogen and oxygen atoms in total. The third-order valence-corrected chi connectivity index (χ3v) is 1.48. The summed E-state index contributed by atoms with van der Waals surface area (Å²) < 4.78 is 9.84. The zero-order chi connectivity index (χ0) is 9.14. The monoisotopic (exact) mass is 170 g/mol. The maximum Gasteiger partial charge on any atom is 0.227 e. The van der Waals surface area contributed by atoms with Crippen molar-refractivity contribution in [1.82, 2.24) is 0 Å². The number of rotatable bonds is 2. The van der Waals surface area contributed by atoms with Crippen molar-refractivity contribution in [1.29, 1.82) is 0 Å². The normalized spacial score (nSPS) is 9.92. The predicted octanol–water partition coefficient (Wildman–Crippen LogP) is 0.449. The van der Waals surface area contributed by atoms with Crippen LogP contribution < -0.4 is 10.2 Å². The fourth-order valence-electron chi connectivity index (χ4n) is 0.980. The Balaban J connectivity index is 3.28. The Bertz CT molecular complexity index is 326. The number of methoxy groups -OCH3 is 1. The molecule has 0 aliphatic rings. The minimum Gasteiger partial charge on any atom is -0.490 e. The highest BCUT2D eigenvalue weighted by Crippen LogP contribution is 2.12. The van der Waals surface area contributed by atoms with E-state index in [9.17, 15) is 4.79 Å². The lowest BCUT2D eigenvalue weighted by Gasteiger charge is -2.03. The fourth-order valence-corrected chi connectivity index (χ4v) is 0.980. The molecular weight excluding hydrogens is 160 g/mol. The maximum absolute atomic E-state index is 11.2. The topological polar surface area (TPSA) is 59.7 Å². The summed E-state index contributed by atoms with van der Waals surface area (Å²) in [5.41, 5.74) is -0.273. The molecule has 1 heterocycles.